The van der Waals surface area contributed by atoms with Crippen molar-refractivity contribution in [3.05, 3.63) is 36.0 Å². The summed E-state index contributed by atoms with van der Waals surface area (Å²) in [4.78, 5) is 18.6. The van der Waals surface area contributed by atoms with Crippen LogP contribution in [-0.4, -0.2) is 40.7 Å². The highest BCUT2D eigenvalue weighted by atomic mass is 16.6. The Morgan fingerprint density at radius 3 is 2.92 bits per heavy atom. The van der Waals surface area contributed by atoms with Crippen LogP contribution in [0.2, 0.25) is 0 Å². The van der Waals surface area contributed by atoms with Gasteiger partial charge in [0.2, 0.25) is 0 Å². The molecular formula is C20H24N4O2. The Hall–Kier alpha value is -2.81. The number of likely N-dealkylation sites (tertiary alicyclic amines) is 1. The van der Waals surface area contributed by atoms with Gasteiger partial charge in [-0.3, -0.25) is 0 Å². The van der Waals surface area contributed by atoms with Crippen molar-refractivity contribution in [3.63, 3.8) is 0 Å². The van der Waals surface area contributed by atoms with E-state index in [0.717, 1.165) is 23.6 Å². The van der Waals surface area contributed by atoms with Gasteiger partial charge in [-0.15, -0.1) is 0 Å². The number of fused-ring (bicyclic) bond motifs is 1. The SMILES string of the molecule is CC(C)(C)OC(=O)N1CCCC1CNc1nc(C#N)cc2ccccc12. The fraction of sp³-hybridized carbons (Fsp3) is 0.450. The molecule has 0 radical (unpaired) electrons. The topological polar surface area (TPSA) is 78.2 Å². The number of benzene rings is 1. The molecule has 1 fully saturated rings. The molecule has 136 valence electrons. The molecule has 2 heterocycles. The minimum absolute atomic E-state index is 0.0520. The maximum absolute atomic E-state index is 12.4. The van der Waals surface area contributed by atoms with Crippen molar-refractivity contribution in [2.45, 2.75) is 45.3 Å². The van der Waals surface area contributed by atoms with E-state index >= 15 is 0 Å². The van der Waals surface area contributed by atoms with Crippen molar-refractivity contribution in [2.75, 3.05) is 18.4 Å². The van der Waals surface area contributed by atoms with E-state index in [9.17, 15) is 10.1 Å². The highest BCUT2D eigenvalue weighted by Crippen LogP contribution is 2.25. The number of carbonyl (C=O) groups is 1. The summed E-state index contributed by atoms with van der Waals surface area (Å²) in [5, 5.41) is 14.5. The molecule has 1 atom stereocenters. The first kappa shape index (κ1) is 18.0. The number of nitrogens with zero attached hydrogens (tertiary/aromatic N) is 3. The summed E-state index contributed by atoms with van der Waals surface area (Å²) >= 11 is 0. The van der Waals surface area contributed by atoms with E-state index in [-0.39, 0.29) is 12.1 Å². The summed E-state index contributed by atoms with van der Waals surface area (Å²) in [5.41, 5.74) is -0.127. The third-order valence-electron chi connectivity index (χ3n) is 4.37. The molecule has 0 aliphatic carbocycles. The average Bonchev–Trinajstić information content (AvgIpc) is 3.06. The maximum Gasteiger partial charge on any atom is 0.410 e. The fourth-order valence-electron chi connectivity index (χ4n) is 3.21. The largest absolute Gasteiger partial charge is 0.444 e. The number of carbonyl (C=O) groups excluding carboxylic acids is 1. The third-order valence-corrected chi connectivity index (χ3v) is 4.37. The number of aromatic nitrogens is 1. The van der Waals surface area contributed by atoms with E-state index in [1.165, 1.54) is 0 Å². The average molecular weight is 352 g/mol. The van der Waals surface area contributed by atoms with Crippen LogP contribution in [0.3, 0.4) is 0 Å². The predicted octanol–water partition coefficient (Wildman–Crippen LogP) is 3.92. The van der Waals surface area contributed by atoms with Crippen LogP contribution >= 0.6 is 0 Å². The molecular weight excluding hydrogens is 328 g/mol. The summed E-state index contributed by atoms with van der Waals surface area (Å²) < 4.78 is 5.51. The fourth-order valence-corrected chi connectivity index (χ4v) is 3.21. The van der Waals surface area contributed by atoms with Gasteiger partial charge in [0.05, 0.1) is 6.04 Å². The molecule has 2 aromatic rings. The van der Waals surface area contributed by atoms with Gasteiger partial charge in [0.1, 0.15) is 23.2 Å². The van der Waals surface area contributed by atoms with Crippen LogP contribution in [-0.2, 0) is 4.74 Å². The molecule has 1 aromatic heterocycles. The van der Waals surface area contributed by atoms with Crippen LogP contribution in [0.4, 0.5) is 10.6 Å². The molecule has 1 saturated heterocycles. The summed E-state index contributed by atoms with van der Waals surface area (Å²) in [7, 11) is 0. The van der Waals surface area contributed by atoms with Crippen molar-refractivity contribution in [2.24, 2.45) is 0 Å². The van der Waals surface area contributed by atoms with Gasteiger partial charge in [-0.05, 0) is 45.1 Å². The van der Waals surface area contributed by atoms with E-state index in [1.54, 1.807) is 11.0 Å². The van der Waals surface area contributed by atoms with Gasteiger partial charge in [0.25, 0.3) is 0 Å². The zero-order chi connectivity index (χ0) is 18.7. The minimum atomic E-state index is -0.503. The Labute approximate surface area is 153 Å². The first-order chi connectivity index (χ1) is 12.4. The Bertz CT molecular complexity index is 851. The van der Waals surface area contributed by atoms with E-state index in [4.69, 9.17) is 4.74 Å². The Morgan fingerprint density at radius 1 is 1.42 bits per heavy atom. The van der Waals surface area contributed by atoms with Gasteiger partial charge in [-0.25, -0.2) is 9.78 Å². The summed E-state index contributed by atoms with van der Waals surface area (Å²) in [6.45, 7) is 6.89. The van der Waals surface area contributed by atoms with Gasteiger partial charge in [-0.1, -0.05) is 24.3 Å². The number of rotatable bonds is 3. The van der Waals surface area contributed by atoms with Gasteiger partial charge < -0.3 is 15.0 Å². The summed E-state index contributed by atoms with van der Waals surface area (Å²) in [6.07, 6.45) is 1.60. The predicted molar refractivity (Wildman–Crippen MR) is 101 cm³/mol. The lowest BCUT2D eigenvalue weighted by Gasteiger charge is -2.29. The lowest BCUT2D eigenvalue weighted by atomic mass is 10.1. The van der Waals surface area contributed by atoms with E-state index in [2.05, 4.69) is 16.4 Å². The van der Waals surface area contributed by atoms with Gasteiger partial charge in [0.15, 0.2) is 0 Å². The lowest BCUT2D eigenvalue weighted by molar-refractivity contribution is 0.0235. The zero-order valence-corrected chi connectivity index (χ0v) is 15.5. The second-order valence-electron chi connectivity index (χ2n) is 7.54. The summed E-state index contributed by atoms with van der Waals surface area (Å²) in [6, 6.07) is 11.8. The quantitative estimate of drug-likeness (QED) is 0.906. The summed E-state index contributed by atoms with van der Waals surface area (Å²) in [5.74, 6) is 0.677. The molecule has 1 N–H and O–H groups in total. The lowest BCUT2D eigenvalue weighted by Crippen LogP contribution is -2.42. The number of nitriles is 1. The molecule has 0 spiro atoms. The minimum Gasteiger partial charge on any atom is -0.444 e. The van der Waals surface area contributed by atoms with Crippen LogP contribution < -0.4 is 5.32 Å². The number of nitrogens with one attached hydrogen (secondary N) is 1. The molecule has 26 heavy (non-hydrogen) atoms. The van der Waals surface area contributed by atoms with Crippen molar-refractivity contribution in [1.82, 2.24) is 9.88 Å². The highest BCUT2D eigenvalue weighted by molar-refractivity contribution is 5.92. The number of ether oxygens (including phenoxy) is 1. The molecule has 0 bridgehead atoms. The molecule has 1 aliphatic heterocycles. The van der Waals surface area contributed by atoms with Gasteiger partial charge in [-0.2, -0.15) is 5.26 Å². The molecule has 6 heteroatoms. The van der Waals surface area contributed by atoms with Crippen LogP contribution in [0.25, 0.3) is 10.8 Å². The van der Waals surface area contributed by atoms with Gasteiger partial charge >= 0.3 is 6.09 Å². The number of hydrogen-bond acceptors (Lipinski definition) is 5. The van der Waals surface area contributed by atoms with Crippen LogP contribution in [0, 0.1) is 11.3 Å². The van der Waals surface area contributed by atoms with Crippen molar-refractivity contribution in [1.29, 1.82) is 5.26 Å². The molecule has 0 saturated carbocycles. The normalized spacial score (nSPS) is 17.2. The molecule has 3 rings (SSSR count). The number of anilines is 1. The first-order valence-corrected chi connectivity index (χ1v) is 8.91. The first-order valence-electron chi connectivity index (χ1n) is 8.91. The van der Waals surface area contributed by atoms with Crippen LogP contribution in [0.1, 0.15) is 39.3 Å². The molecule has 1 amide bonds. The second-order valence-corrected chi connectivity index (χ2v) is 7.54. The molecule has 1 unspecified atom stereocenters. The third kappa shape index (κ3) is 4.05. The van der Waals surface area contributed by atoms with Crippen molar-refractivity contribution < 1.29 is 9.53 Å². The smallest absolute Gasteiger partial charge is 0.410 e. The van der Waals surface area contributed by atoms with Crippen LogP contribution in [0.15, 0.2) is 30.3 Å². The van der Waals surface area contributed by atoms with E-state index < -0.39 is 5.60 Å². The Morgan fingerprint density at radius 2 is 2.19 bits per heavy atom. The number of pyridine rings is 1. The standard InChI is InChI=1S/C20H24N4O2/c1-20(2,3)26-19(25)24-10-6-8-16(24)13-22-18-17-9-5-4-7-14(17)11-15(12-21)23-18/h4-5,7,9,11,16H,6,8,10,13H2,1-3H3,(H,22,23). The van der Waals surface area contributed by atoms with Crippen molar-refractivity contribution >= 4 is 22.7 Å². The highest BCUT2D eigenvalue weighted by Gasteiger charge is 2.32. The Balaban J connectivity index is 1.75. The van der Waals surface area contributed by atoms with E-state index in [0.29, 0.717) is 24.6 Å². The molecule has 1 aromatic carbocycles. The van der Waals surface area contributed by atoms with Crippen molar-refractivity contribution in [3.8, 4) is 6.07 Å². The monoisotopic (exact) mass is 352 g/mol. The van der Waals surface area contributed by atoms with E-state index in [1.807, 2.05) is 45.0 Å². The second kappa shape index (κ2) is 7.20. The Kier molecular flexibility index (Phi) is 4.99. The number of hydrogen-bond donors (Lipinski definition) is 1. The zero-order valence-electron chi connectivity index (χ0n) is 15.5. The molecule has 6 nitrogen and oxygen atoms in total. The number of amides is 1. The van der Waals surface area contributed by atoms with Crippen LogP contribution in [0.5, 0.6) is 0 Å². The maximum atomic E-state index is 12.4. The molecule has 1 aliphatic rings. The van der Waals surface area contributed by atoms with Gasteiger partial charge in [0, 0.05) is 18.5 Å².